The van der Waals surface area contributed by atoms with E-state index >= 15 is 0 Å². The predicted molar refractivity (Wildman–Crippen MR) is 65.4 cm³/mol. The van der Waals surface area contributed by atoms with Crippen molar-refractivity contribution in [2.24, 2.45) is 27.9 Å². The monoisotopic (exact) mass is 229 g/mol. The van der Waals surface area contributed by atoms with Crippen LogP contribution in [-0.2, 0) is 4.79 Å². The van der Waals surface area contributed by atoms with Crippen molar-refractivity contribution in [2.75, 3.05) is 13.1 Å². The van der Waals surface area contributed by atoms with E-state index in [9.17, 15) is 4.79 Å². The van der Waals surface area contributed by atoms with Crippen molar-refractivity contribution in [3.05, 3.63) is 0 Å². The standard InChI is InChI=1S/C10H23N5O/c1-7(2)5-13-9(15-12)14-6-10(3,4)8(11)16/h7H,5-6,12H2,1-4H3,(H2,11,16)(H2,13,14,15). The van der Waals surface area contributed by atoms with E-state index in [1.54, 1.807) is 13.8 Å². The third-order valence-electron chi connectivity index (χ3n) is 2.11. The molecule has 0 aromatic heterocycles. The van der Waals surface area contributed by atoms with Crippen molar-refractivity contribution in [3.8, 4) is 0 Å². The van der Waals surface area contributed by atoms with E-state index in [0.29, 0.717) is 18.4 Å². The highest BCUT2D eigenvalue weighted by atomic mass is 16.1. The largest absolute Gasteiger partial charge is 0.369 e. The van der Waals surface area contributed by atoms with Gasteiger partial charge in [-0.1, -0.05) is 13.8 Å². The molecule has 1 amide bonds. The summed E-state index contributed by atoms with van der Waals surface area (Å²) in [6, 6.07) is 0. The summed E-state index contributed by atoms with van der Waals surface area (Å²) in [6.45, 7) is 8.71. The summed E-state index contributed by atoms with van der Waals surface area (Å²) in [5.41, 5.74) is 7.03. The number of nitrogens with two attached hydrogens (primary N) is 2. The summed E-state index contributed by atoms with van der Waals surface area (Å²) < 4.78 is 0. The van der Waals surface area contributed by atoms with Gasteiger partial charge in [0.05, 0.1) is 12.0 Å². The minimum Gasteiger partial charge on any atom is -0.369 e. The van der Waals surface area contributed by atoms with E-state index in [1.165, 1.54) is 0 Å². The third-order valence-corrected chi connectivity index (χ3v) is 2.11. The summed E-state index contributed by atoms with van der Waals surface area (Å²) in [4.78, 5) is 15.2. The molecule has 0 saturated heterocycles. The lowest BCUT2D eigenvalue weighted by Gasteiger charge is -2.18. The number of nitrogens with one attached hydrogen (secondary N) is 2. The number of guanidine groups is 1. The van der Waals surface area contributed by atoms with E-state index < -0.39 is 5.41 Å². The van der Waals surface area contributed by atoms with Crippen LogP contribution in [0.1, 0.15) is 27.7 Å². The summed E-state index contributed by atoms with van der Waals surface area (Å²) in [5.74, 6) is 5.89. The van der Waals surface area contributed by atoms with Gasteiger partial charge in [0.15, 0.2) is 0 Å². The second-order valence-corrected chi connectivity index (χ2v) is 4.83. The highest BCUT2D eigenvalue weighted by molar-refractivity contribution is 5.82. The van der Waals surface area contributed by atoms with Gasteiger partial charge in [-0.25, -0.2) is 5.84 Å². The van der Waals surface area contributed by atoms with Crippen LogP contribution in [0.4, 0.5) is 0 Å². The molecule has 6 nitrogen and oxygen atoms in total. The van der Waals surface area contributed by atoms with Crippen LogP contribution in [0.15, 0.2) is 4.99 Å². The molecule has 0 atom stereocenters. The lowest BCUT2D eigenvalue weighted by molar-refractivity contribution is -0.125. The van der Waals surface area contributed by atoms with Gasteiger partial charge >= 0.3 is 0 Å². The Morgan fingerprint density at radius 1 is 1.44 bits per heavy atom. The highest BCUT2D eigenvalue weighted by Gasteiger charge is 2.24. The minimum absolute atomic E-state index is 0.299. The molecular formula is C10H23N5O. The molecule has 0 saturated carbocycles. The first-order valence-corrected chi connectivity index (χ1v) is 5.34. The molecule has 0 rings (SSSR count). The van der Waals surface area contributed by atoms with Crippen molar-refractivity contribution >= 4 is 11.9 Å². The Kier molecular flexibility index (Phi) is 5.81. The van der Waals surface area contributed by atoms with Gasteiger partial charge in [-0.3, -0.25) is 15.2 Å². The molecule has 0 radical (unpaired) electrons. The van der Waals surface area contributed by atoms with Crippen LogP contribution >= 0.6 is 0 Å². The van der Waals surface area contributed by atoms with Crippen LogP contribution in [0.5, 0.6) is 0 Å². The maximum Gasteiger partial charge on any atom is 0.224 e. The topological polar surface area (TPSA) is 106 Å². The van der Waals surface area contributed by atoms with Crippen molar-refractivity contribution in [1.82, 2.24) is 10.7 Å². The summed E-state index contributed by atoms with van der Waals surface area (Å²) in [6.07, 6.45) is 0. The fraction of sp³-hybridized carbons (Fsp3) is 0.800. The number of rotatable bonds is 5. The molecule has 94 valence electrons. The summed E-state index contributed by atoms with van der Waals surface area (Å²) in [5, 5.41) is 3.04. The smallest absolute Gasteiger partial charge is 0.224 e. The molecule has 0 fully saturated rings. The SMILES string of the molecule is CC(C)CNC(=NCC(C)(C)C(N)=O)NN. The van der Waals surface area contributed by atoms with Gasteiger partial charge in [0, 0.05) is 6.54 Å². The van der Waals surface area contributed by atoms with Gasteiger partial charge in [-0.2, -0.15) is 0 Å². The number of carbonyl (C=O) groups is 1. The molecule has 0 bridgehead atoms. The average molecular weight is 229 g/mol. The first-order valence-electron chi connectivity index (χ1n) is 5.34. The molecule has 0 spiro atoms. The third kappa shape index (κ3) is 5.55. The van der Waals surface area contributed by atoms with Gasteiger partial charge in [-0.05, 0) is 19.8 Å². The van der Waals surface area contributed by atoms with Crippen LogP contribution in [0.2, 0.25) is 0 Å². The molecule has 16 heavy (non-hydrogen) atoms. The van der Waals surface area contributed by atoms with E-state index in [1.807, 2.05) is 0 Å². The van der Waals surface area contributed by atoms with E-state index in [0.717, 1.165) is 6.54 Å². The second-order valence-electron chi connectivity index (χ2n) is 4.83. The van der Waals surface area contributed by atoms with Crippen molar-refractivity contribution < 1.29 is 4.79 Å². The lowest BCUT2D eigenvalue weighted by atomic mass is 9.93. The predicted octanol–water partition coefficient (Wildman–Crippen LogP) is -0.437. The van der Waals surface area contributed by atoms with Gasteiger partial charge in [0.1, 0.15) is 0 Å². The highest BCUT2D eigenvalue weighted by Crippen LogP contribution is 2.13. The first-order chi connectivity index (χ1) is 7.29. The zero-order valence-corrected chi connectivity index (χ0v) is 10.5. The molecule has 0 aliphatic carbocycles. The Balaban J connectivity index is 4.31. The Labute approximate surface area is 96.8 Å². The van der Waals surface area contributed by atoms with Gasteiger partial charge in [-0.15, -0.1) is 0 Å². The normalized spacial score (nSPS) is 12.8. The van der Waals surface area contributed by atoms with Crippen molar-refractivity contribution in [3.63, 3.8) is 0 Å². The molecule has 0 aromatic carbocycles. The van der Waals surface area contributed by atoms with Gasteiger partial charge in [0.2, 0.25) is 11.9 Å². The van der Waals surface area contributed by atoms with E-state index in [4.69, 9.17) is 11.6 Å². The summed E-state index contributed by atoms with van der Waals surface area (Å²) >= 11 is 0. The number of aliphatic imine (C=N–C) groups is 1. The Hall–Kier alpha value is -1.30. The maximum absolute atomic E-state index is 11.1. The maximum atomic E-state index is 11.1. The molecule has 0 unspecified atom stereocenters. The molecule has 0 aromatic rings. The lowest BCUT2D eigenvalue weighted by Crippen LogP contribution is -2.44. The fourth-order valence-corrected chi connectivity index (χ4v) is 0.808. The number of hydrogen-bond donors (Lipinski definition) is 4. The zero-order chi connectivity index (χ0) is 12.8. The molecule has 6 N–H and O–H groups in total. The quantitative estimate of drug-likeness (QED) is 0.222. The van der Waals surface area contributed by atoms with Crippen LogP contribution in [0.3, 0.4) is 0 Å². The number of nitrogens with zero attached hydrogens (tertiary/aromatic N) is 1. The Morgan fingerprint density at radius 2 is 2.00 bits per heavy atom. The van der Waals surface area contributed by atoms with E-state index in [-0.39, 0.29) is 5.91 Å². The van der Waals surface area contributed by atoms with Crippen LogP contribution < -0.4 is 22.3 Å². The van der Waals surface area contributed by atoms with Gasteiger partial charge in [0.25, 0.3) is 0 Å². The number of primary amides is 1. The molecule has 0 aliphatic rings. The van der Waals surface area contributed by atoms with Crippen LogP contribution in [0, 0.1) is 11.3 Å². The second kappa shape index (κ2) is 6.32. The summed E-state index contributed by atoms with van der Waals surface area (Å²) in [7, 11) is 0. The number of hydrazine groups is 1. The fourth-order valence-electron chi connectivity index (χ4n) is 0.808. The average Bonchev–Trinajstić information content (AvgIpc) is 2.17. The Morgan fingerprint density at radius 3 is 2.38 bits per heavy atom. The molecule has 0 heterocycles. The molecule has 0 aliphatic heterocycles. The van der Waals surface area contributed by atoms with Crippen molar-refractivity contribution in [1.29, 1.82) is 0 Å². The number of amides is 1. The minimum atomic E-state index is -0.665. The van der Waals surface area contributed by atoms with Crippen molar-refractivity contribution in [2.45, 2.75) is 27.7 Å². The zero-order valence-electron chi connectivity index (χ0n) is 10.5. The molecular weight excluding hydrogens is 206 g/mol. The van der Waals surface area contributed by atoms with Gasteiger partial charge < -0.3 is 11.1 Å². The molecule has 6 heteroatoms. The Bertz CT molecular complexity index is 260. The number of carbonyl (C=O) groups excluding carboxylic acids is 1. The van der Waals surface area contributed by atoms with Crippen LogP contribution in [-0.4, -0.2) is 25.0 Å². The van der Waals surface area contributed by atoms with E-state index in [2.05, 4.69) is 29.6 Å². The first kappa shape index (κ1) is 14.7. The number of hydrogen-bond acceptors (Lipinski definition) is 3. The van der Waals surface area contributed by atoms with Crippen LogP contribution in [0.25, 0.3) is 0 Å².